The number of ketones is 3. The zero-order valence-electron chi connectivity index (χ0n) is 41.7. The highest BCUT2D eigenvalue weighted by molar-refractivity contribution is 8.15. The van der Waals surface area contributed by atoms with Crippen molar-refractivity contribution in [3.63, 3.8) is 0 Å². The highest BCUT2D eigenvalue weighted by atomic mass is 32.2. The van der Waals surface area contributed by atoms with Crippen molar-refractivity contribution in [2.24, 2.45) is 15.0 Å². The fourth-order valence-electron chi connectivity index (χ4n) is 10.7. The maximum absolute atomic E-state index is 13.3. The van der Waals surface area contributed by atoms with Gasteiger partial charge in [-0.25, -0.2) is 9.48 Å². The van der Waals surface area contributed by atoms with E-state index in [-0.39, 0.29) is 46.3 Å². The third kappa shape index (κ3) is 10.1. The molecule has 378 valence electrons. The summed E-state index contributed by atoms with van der Waals surface area (Å²) in [6.45, 7) is 13.5. The summed E-state index contributed by atoms with van der Waals surface area (Å²) in [7, 11) is 1.94. The van der Waals surface area contributed by atoms with Crippen LogP contribution in [-0.2, 0) is 4.79 Å². The van der Waals surface area contributed by atoms with Gasteiger partial charge in [-0.15, -0.1) is 0 Å². The van der Waals surface area contributed by atoms with Gasteiger partial charge >= 0.3 is 0 Å². The summed E-state index contributed by atoms with van der Waals surface area (Å²) in [6.07, 6.45) is 7.33. The van der Waals surface area contributed by atoms with Crippen LogP contribution < -0.4 is 14.9 Å². The molecule has 2 amide bonds. The molecule has 0 radical (unpaired) electrons. The molecule has 3 saturated carbocycles. The van der Waals surface area contributed by atoms with Crippen LogP contribution in [0.5, 0.6) is 0 Å². The lowest BCUT2D eigenvalue weighted by Gasteiger charge is -2.44. The number of carbonyl (C=O) groups is 5. The topological polar surface area (TPSA) is 191 Å². The number of hydrogen-bond acceptors (Lipinski definition) is 14. The average Bonchev–Trinajstić information content (AvgIpc) is 4.32. The first-order valence-corrected chi connectivity index (χ1v) is 27.4. The Bertz CT molecular complexity index is 2910. The first-order valence-electron chi connectivity index (χ1n) is 24.9. The molecule has 71 heavy (non-hydrogen) atoms. The van der Waals surface area contributed by atoms with Gasteiger partial charge < -0.3 is 34.5 Å². The Kier molecular flexibility index (Phi) is 14.8. The van der Waals surface area contributed by atoms with E-state index in [0.29, 0.717) is 65.9 Å². The number of carbonyl (C=O) groups excluding carboxylic acids is 5. The molecule has 2 aromatic heterocycles. The molecule has 5 heterocycles. The lowest BCUT2D eigenvalue weighted by atomic mass is 9.99. The van der Waals surface area contributed by atoms with E-state index in [1.54, 1.807) is 37.8 Å². The highest BCUT2D eigenvalue weighted by Gasteiger charge is 2.70. The number of likely N-dealkylation sites (tertiary alicyclic amines) is 2. The molecule has 5 unspecified atom stereocenters. The van der Waals surface area contributed by atoms with Crippen LogP contribution in [0.15, 0.2) is 63.5 Å². The third-order valence-corrected chi connectivity index (χ3v) is 19.0. The van der Waals surface area contributed by atoms with Crippen LogP contribution in [0.4, 0.5) is 11.4 Å². The zero-order valence-corrected chi connectivity index (χ0v) is 44.2. The fourth-order valence-corrected chi connectivity index (χ4v) is 14.6. The minimum absolute atomic E-state index is 0.00525. The van der Waals surface area contributed by atoms with Crippen molar-refractivity contribution in [2.75, 3.05) is 46.4 Å². The van der Waals surface area contributed by atoms with Crippen LogP contribution in [0, 0.1) is 13.8 Å². The summed E-state index contributed by atoms with van der Waals surface area (Å²) in [5, 5.41) is 23.7. The molecule has 2 aromatic carbocycles. The number of likely N-dealkylation sites (N-methyl/N-ethyl adjacent to an activating group) is 1. The second-order valence-corrected chi connectivity index (χ2v) is 23.1. The Morgan fingerprint density at radius 1 is 0.718 bits per heavy atom. The predicted octanol–water partition coefficient (Wildman–Crippen LogP) is 6.64. The van der Waals surface area contributed by atoms with E-state index in [0.717, 1.165) is 94.8 Å². The van der Waals surface area contributed by atoms with Crippen LogP contribution in [0.3, 0.4) is 0 Å². The monoisotopic (exact) mass is 1020 g/mol. The van der Waals surface area contributed by atoms with Crippen LogP contribution in [-0.4, -0.2) is 143 Å². The maximum atomic E-state index is 13.3. The molecule has 3 N–H and O–H groups in total. The lowest BCUT2D eigenvalue weighted by Crippen LogP contribution is -2.67. The number of quaternary nitrogens is 1. The van der Waals surface area contributed by atoms with Gasteiger partial charge in [0.1, 0.15) is 6.54 Å². The molecule has 3 aliphatic heterocycles. The van der Waals surface area contributed by atoms with Crippen molar-refractivity contribution < 1.29 is 38.7 Å². The quantitative estimate of drug-likeness (QED) is 0.0918. The number of aliphatic hydroxyl groups excluding tert-OH is 2. The van der Waals surface area contributed by atoms with Crippen LogP contribution in [0.25, 0.3) is 0 Å². The van der Waals surface area contributed by atoms with Crippen molar-refractivity contribution in [3.05, 3.63) is 90.4 Å². The van der Waals surface area contributed by atoms with Crippen LogP contribution in [0.2, 0.25) is 0 Å². The number of benzene rings is 2. The van der Waals surface area contributed by atoms with Gasteiger partial charge in [-0.2, -0.15) is 9.98 Å². The fraction of sp³-hybridized carbons (Fsp3) is 0.538. The molecule has 3 aliphatic carbocycles. The van der Waals surface area contributed by atoms with E-state index in [4.69, 9.17) is 15.0 Å². The molecule has 6 fully saturated rings. The number of thioether (sulfide) groups is 1. The van der Waals surface area contributed by atoms with Gasteiger partial charge in [0.25, 0.3) is 17.0 Å². The van der Waals surface area contributed by atoms with E-state index in [9.17, 15) is 34.2 Å². The summed E-state index contributed by atoms with van der Waals surface area (Å²) >= 11 is 4.28. The second-order valence-electron chi connectivity index (χ2n) is 20.1. The number of nitrogens with one attached hydrogen (secondary N) is 1. The van der Waals surface area contributed by atoms with Crippen LogP contribution >= 0.6 is 34.4 Å². The summed E-state index contributed by atoms with van der Waals surface area (Å²) in [6, 6.07) is 15.9. The predicted molar refractivity (Wildman–Crippen MR) is 277 cm³/mol. The van der Waals surface area contributed by atoms with Crippen molar-refractivity contribution in [2.45, 2.75) is 134 Å². The lowest BCUT2D eigenvalue weighted by molar-refractivity contribution is -0.896. The van der Waals surface area contributed by atoms with Crippen molar-refractivity contribution in [3.8, 4) is 0 Å². The van der Waals surface area contributed by atoms with Crippen molar-refractivity contribution in [1.82, 2.24) is 24.3 Å². The Morgan fingerprint density at radius 3 is 1.68 bits per heavy atom. The van der Waals surface area contributed by atoms with Crippen molar-refractivity contribution in [1.29, 1.82) is 0 Å². The average molecular weight is 1030 g/mol. The number of thiazole rings is 2. The Balaban J connectivity index is 0.000000192. The molecule has 10 rings (SSSR count). The van der Waals surface area contributed by atoms with E-state index < -0.39 is 17.0 Å². The summed E-state index contributed by atoms with van der Waals surface area (Å²) in [5.74, 6) is 0.0515. The summed E-state index contributed by atoms with van der Waals surface area (Å²) in [4.78, 5) is 85.4. The molecule has 6 aliphatic rings. The number of Topliss-reactive ketones (excluding diaryl/α,β-unsaturated/α-hetero) is 3. The van der Waals surface area contributed by atoms with Gasteiger partial charge in [-0.3, -0.25) is 24.0 Å². The van der Waals surface area contributed by atoms with E-state index >= 15 is 0 Å². The SMILES string of the molecule is CC(=O)c1sc(=NC2(C)C(C(C)=O)SC(=Nc3ccc(C(=O)N4CCC(O)C4)cc3)[N+]2(CCO)C2CC2)n(C2CC2)c1C.CNC1CCN(C(=O)c2ccc(N=c3sc(C(C)=O)c(C)n3C3CC3)cc2)C1. The minimum Gasteiger partial charge on any atom is -0.391 e. The van der Waals surface area contributed by atoms with E-state index in [2.05, 4.69) is 14.5 Å². The summed E-state index contributed by atoms with van der Waals surface area (Å²) < 4.78 is 4.66. The van der Waals surface area contributed by atoms with Gasteiger partial charge in [0, 0.05) is 100 Å². The number of aliphatic hydroxyl groups is 2. The number of β-amino-alcohol motifs (C(OH)–C–C–N with tert-alkyl or cyclic N) is 1. The largest absolute Gasteiger partial charge is 0.391 e. The molecular weight excluding hydrogens is 959 g/mol. The maximum Gasteiger partial charge on any atom is 0.267 e. The van der Waals surface area contributed by atoms with Gasteiger partial charge in [0.15, 0.2) is 32.2 Å². The second kappa shape index (κ2) is 20.6. The number of nitrogens with zero attached hydrogens (tertiary/aromatic N) is 8. The third-order valence-electron chi connectivity index (χ3n) is 14.8. The van der Waals surface area contributed by atoms with Crippen molar-refractivity contribution >= 4 is 80.1 Å². The molecule has 0 spiro atoms. The smallest absolute Gasteiger partial charge is 0.267 e. The normalized spacial score (nSPS) is 26.3. The van der Waals surface area contributed by atoms with Gasteiger partial charge in [0.05, 0.1) is 39.9 Å². The molecule has 0 bridgehead atoms. The molecule has 4 aromatic rings. The molecule has 16 nitrogen and oxygen atoms in total. The Morgan fingerprint density at radius 2 is 1.23 bits per heavy atom. The molecule has 3 saturated heterocycles. The van der Waals surface area contributed by atoms with Gasteiger partial charge in [-0.1, -0.05) is 22.7 Å². The van der Waals surface area contributed by atoms with Gasteiger partial charge in [-0.05, 0) is 127 Å². The standard InChI is InChI=1S/C31H40N5O5S2.C21H26N4O2S/c1-18-26(19(2)38)42-29(35(18)23-9-10-23)33-31(4)27(20(3)39)43-30(36(31,15-16-37)24-11-12-24)32-22-7-5-21(6-8-22)28(41)34-14-13-25(40)17-34;1-13-19(14(2)26)28-21(25(13)18-8-9-18)23-16-6-4-15(5-7-16)20(27)24-11-10-17(12-24)22-3/h5-8,23-25,27,37,40H,9-17H2,1-4H3;4-7,17-18,22H,8-12H2,1-3H3/q+1;. The number of aliphatic imine (C=N–C) groups is 1. The van der Waals surface area contributed by atoms with E-state index in [1.807, 2.05) is 69.1 Å². The van der Waals surface area contributed by atoms with E-state index in [1.165, 1.54) is 34.4 Å². The van der Waals surface area contributed by atoms with Gasteiger partial charge in [0.2, 0.25) is 5.66 Å². The minimum atomic E-state index is -0.951. The number of aromatic nitrogens is 2. The molecular formula is C52H66N9O7S3+. The number of amides is 2. The first kappa shape index (κ1) is 51.0. The Hall–Kier alpha value is -4.89. The molecule has 5 atom stereocenters. The summed E-state index contributed by atoms with van der Waals surface area (Å²) in [5.41, 5.74) is 3.68. The number of amidine groups is 1. The zero-order chi connectivity index (χ0) is 50.5. The molecule has 19 heteroatoms. The number of hydrogen-bond donors (Lipinski definition) is 3. The first-order chi connectivity index (χ1) is 34.0. The highest BCUT2D eigenvalue weighted by Crippen LogP contribution is 2.55. The Labute approximate surface area is 426 Å². The number of rotatable bonds is 14. The van der Waals surface area contributed by atoms with Crippen LogP contribution in [0.1, 0.15) is 143 Å².